The van der Waals surface area contributed by atoms with Gasteiger partial charge < -0.3 is 10.1 Å². The molecule has 0 radical (unpaired) electrons. The van der Waals surface area contributed by atoms with E-state index in [9.17, 15) is 4.79 Å². The fourth-order valence-corrected chi connectivity index (χ4v) is 0.875. The van der Waals surface area contributed by atoms with Gasteiger partial charge in [-0.2, -0.15) is 0 Å². The average molecular weight is 155 g/mol. The number of carbonyl (C=O) groups excluding carboxylic acids is 1. The van der Waals surface area contributed by atoms with Crippen molar-refractivity contribution in [3.05, 3.63) is 11.6 Å². The summed E-state index contributed by atoms with van der Waals surface area (Å²) in [5.74, 6) is 0.0632. The third-order valence-electron chi connectivity index (χ3n) is 1.69. The summed E-state index contributed by atoms with van der Waals surface area (Å²) in [7, 11) is 1.62. The van der Waals surface area contributed by atoms with E-state index in [1.54, 1.807) is 7.11 Å². The SMILES string of the molecule is COCCNC(=O)C1=CCC1. The summed E-state index contributed by atoms with van der Waals surface area (Å²) in [5.41, 5.74) is 0.918. The van der Waals surface area contributed by atoms with Gasteiger partial charge in [0.2, 0.25) is 5.91 Å². The first-order valence-corrected chi connectivity index (χ1v) is 3.81. The molecule has 0 saturated carbocycles. The highest BCUT2D eigenvalue weighted by Crippen LogP contribution is 2.16. The molecule has 1 N–H and O–H groups in total. The van der Waals surface area contributed by atoms with Gasteiger partial charge >= 0.3 is 0 Å². The number of carbonyl (C=O) groups is 1. The molecule has 0 aliphatic heterocycles. The van der Waals surface area contributed by atoms with Crippen LogP contribution in [0.3, 0.4) is 0 Å². The Morgan fingerprint density at radius 3 is 3.00 bits per heavy atom. The van der Waals surface area contributed by atoms with Crippen LogP contribution >= 0.6 is 0 Å². The number of amides is 1. The summed E-state index contributed by atoms with van der Waals surface area (Å²) < 4.78 is 4.79. The van der Waals surface area contributed by atoms with Gasteiger partial charge in [0.05, 0.1) is 6.61 Å². The Balaban J connectivity index is 2.11. The molecule has 0 heterocycles. The maximum atomic E-state index is 11.1. The molecule has 0 saturated heterocycles. The number of hydrogen-bond donors (Lipinski definition) is 1. The summed E-state index contributed by atoms with van der Waals surface area (Å²) in [6.07, 6.45) is 3.94. The Morgan fingerprint density at radius 2 is 2.55 bits per heavy atom. The van der Waals surface area contributed by atoms with Crippen LogP contribution in [0.25, 0.3) is 0 Å². The lowest BCUT2D eigenvalue weighted by Gasteiger charge is -2.13. The second kappa shape index (κ2) is 4.13. The minimum atomic E-state index is 0.0632. The van der Waals surface area contributed by atoms with Crippen molar-refractivity contribution in [1.82, 2.24) is 5.32 Å². The summed E-state index contributed by atoms with van der Waals surface area (Å²) >= 11 is 0. The monoisotopic (exact) mass is 155 g/mol. The van der Waals surface area contributed by atoms with Crippen molar-refractivity contribution >= 4 is 5.91 Å². The number of allylic oxidation sites excluding steroid dienone is 1. The van der Waals surface area contributed by atoms with Crippen LogP contribution in [0.2, 0.25) is 0 Å². The van der Waals surface area contributed by atoms with Gasteiger partial charge in [0.25, 0.3) is 0 Å². The number of hydrogen-bond acceptors (Lipinski definition) is 2. The molecular weight excluding hydrogens is 142 g/mol. The lowest BCUT2D eigenvalue weighted by molar-refractivity contribution is -0.118. The highest BCUT2D eigenvalue weighted by Gasteiger charge is 2.13. The van der Waals surface area contributed by atoms with Gasteiger partial charge in [-0.05, 0) is 12.8 Å². The number of rotatable bonds is 4. The first kappa shape index (κ1) is 8.27. The molecule has 1 rings (SSSR count). The number of nitrogens with one attached hydrogen (secondary N) is 1. The zero-order valence-electron chi connectivity index (χ0n) is 6.72. The fraction of sp³-hybridized carbons (Fsp3) is 0.625. The smallest absolute Gasteiger partial charge is 0.246 e. The molecule has 0 aromatic carbocycles. The highest BCUT2D eigenvalue weighted by atomic mass is 16.5. The van der Waals surface area contributed by atoms with Crippen molar-refractivity contribution in [3.8, 4) is 0 Å². The first-order chi connectivity index (χ1) is 5.34. The predicted octanol–water partition coefficient (Wildman–Crippen LogP) is 0.469. The normalized spacial score (nSPS) is 15.2. The molecule has 0 aromatic rings. The lowest BCUT2D eigenvalue weighted by Crippen LogP contribution is -2.29. The summed E-state index contributed by atoms with van der Waals surface area (Å²) in [6.45, 7) is 1.19. The van der Waals surface area contributed by atoms with Crippen LogP contribution in [0.5, 0.6) is 0 Å². The Bertz CT molecular complexity index is 175. The zero-order valence-corrected chi connectivity index (χ0v) is 6.72. The maximum Gasteiger partial charge on any atom is 0.246 e. The van der Waals surface area contributed by atoms with Crippen molar-refractivity contribution in [1.29, 1.82) is 0 Å². The molecule has 0 spiro atoms. The van der Waals surface area contributed by atoms with Crippen LogP contribution in [-0.2, 0) is 9.53 Å². The van der Waals surface area contributed by atoms with Crippen LogP contribution in [0.15, 0.2) is 11.6 Å². The van der Waals surface area contributed by atoms with Gasteiger partial charge in [-0.3, -0.25) is 4.79 Å². The Morgan fingerprint density at radius 1 is 1.82 bits per heavy atom. The summed E-state index contributed by atoms with van der Waals surface area (Å²) in [5, 5.41) is 2.75. The number of methoxy groups -OCH3 is 1. The molecule has 1 amide bonds. The summed E-state index contributed by atoms with van der Waals surface area (Å²) in [6, 6.07) is 0. The fourth-order valence-electron chi connectivity index (χ4n) is 0.875. The van der Waals surface area contributed by atoms with E-state index in [-0.39, 0.29) is 5.91 Å². The van der Waals surface area contributed by atoms with E-state index in [1.807, 2.05) is 6.08 Å². The molecule has 3 heteroatoms. The van der Waals surface area contributed by atoms with Crippen molar-refractivity contribution < 1.29 is 9.53 Å². The van der Waals surface area contributed by atoms with Gasteiger partial charge in [0.1, 0.15) is 0 Å². The molecule has 11 heavy (non-hydrogen) atoms. The summed E-state index contributed by atoms with van der Waals surface area (Å²) in [4.78, 5) is 11.1. The van der Waals surface area contributed by atoms with E-state index in [1.165, 1.54) is 0 Å². The van der Waals surface area contributed by atoms with Crippen molar-refractivity contribution in [3.63, 3.8) is 0 Å². The molecule has 62 valence electrons. The zero-order chi connectivity index (χ0) is 8.10. The second-order valence-electron chi connectivity index (χ2n) is 2.52. The third kappa shape index (κ3) is 2.35. The molecule has 1 aliphatic carbocycles. The van der Waals surface area contributed by atoms with Gasteiger partial charge in [-0.15, -0.1) is 0 Å². The molecule has 0 fully saturated rings. The molecule has 3 nitrogen and oxygen atoms in total. The van der Waals surface area contributed by atoms with Gasteiger partial charge in [0, 0.05) is 19.2 Å². The van der Waals surface area contributed by atoms with Gasteiger partial charge in [0.15, 0.2) is 0 Å². The molecule has 0 aromatic heterocycles. The van der Waals surface area contributed by atoms with E-state index in [0.717, 1.165) is 18.4 Å². The Hall–Kier alpha value is -0.830. The standard InChI is InChI=1S/C8H13NO2/c1-11-6-5-9-8(10)7-3-2-4-7/h3H,2,4-6H2,1H3,(H,9,10). The lowest BCUT2D eigenvalue weighted by atomic mass is 9.98. The first-order valence-electron chi connectivity index (χ1n) is 3.81. The molecule has 0 atom stereocenters. The van der Waals surface area contributed by atoms with Crippen molar-refractivity contribution in [2.24, 2.45) is 0 Å². The third-order valence-corrected chi connectivity index (χ3v) is 1.69. The van der Waals surface area contributed by atoms with Gasteiger partial charge in [-0.1, -0.05) is 6.08 Å². The second-order valence-corrected chi connectivity index (χ2v) is 2.52. The van der Waals surface area contributed by atoms with Crippen LogP contribution in [-0.4, -0.2) is 26.2 Å². The van der Waals surface area contributed by atoms with E-state index in [2.05, 4.69) is 5.32 Å². The maximum absolute atomic E-state index is 11.1. The molecule has 0 unspecified atom stereocenters. The van der Waals surface area contributed by atoms with Gasteiger partial charge in [-0.25, -0.2) is 0 Å². The van der Waals surface area contributed by atoms with Crippen LogP contribution in [0.1, 0.15) is 12.8 Å². The van der Waals surface area contributed by atoms with Crippen LogP contribution in [0.4, 0.5) is 0 Å². The van der Waals surface area contributed by atoms with E-state index in [0.29, 0.717) is 13.2 Å². The molecule has 1 aliphatic rings. The van der Waals surface area contributed by atoms with Crippen LogP contribution in [0, 0.1) is 0 Å². The van der Waals surface area contributed by atoms with E-state index in [4.69, 9.17) is 4.74 Å². The predicted molar refractivity (Wildman–Crippen MR) is 42.2 cm³/mol. The quantitative estimate of drug-likeness (QED) is 0.599. The van der Waals surface area contributed by atoms with Crippen LogP contribution < -0.4 is 5.32 Å². The largest absolute Gasteiger partial charge is 0.383 e. The highest BCUT2D eigenvalue weighted by molar-refractivity contribution is 5.94. The average Bonchev–Trinajstić information content (AvgIpc) is 1.84. The Kier molecular flexibility index (Phi) is 3.11. The van der Waals surface area contributed by atoms with Crippen molar-refractivity contribution in [2.75, 3.05) is 20.3 Å². The Labute approximate surface area is 66.4 Å². The van der Waals surface area contributed by atoms with E-state index < -0.39 is 0 Å². The topological polar surface area (TPSA) is 38.3 Å². The minimum absolute atomic E-state index is 0.0632. The van der Waals surface area contributed by atoms with E-state index >= 15 is 0 Å². The van der Waals surface area contributed by atoms with Crippen molar-refractivity contribution in [2.45, 2.75) is 12.8 Å². The number of ether oxygens (including phenoxy) is 1. The minimum Gasteiger partial charge on any atom is -0.383 e. The molecule has 0 bridgehead atoms. The molecular formula is C8H13NO2.